The molecule has 1 atom stereocenters. The Labute approximate surface area is 72.8 Å². The molecule has 2 rings (SSSR count). The molecule has 3 heteroatoms. The van der Waals surface area contributed by atoms with E-state index in [0.29, 0.717) is 4.11 Å². The van der Waals surface area contributed by atoms with E-state index in [2.05, 4.69) is 33.6 Å². The van der Waals surface area contributed by atoms with Gasteiger partial charge in [0.1, 0.15) is 0 Å². The van der Waals surface area contributed by atoms with Gasteiger partial charge in [0.25, 0.3) is 0 Å². The lowest BCUT2D eigenvalue weighted by Gasteiger charge is -1.96. The number of rotatable bonds is 0. The Bertz CT molecular complexity index is 226. The van der Waals surface area contributed by atoms with Crippen LogP contribution in [0.3, 0.4) is 0 Å². The number of hydrogen-bond donors (Lipinski definition) is 0. The Morgan fingerprint density at radius 2 is 2.60 bits per heavy atom. The lowest BCUT2D eigenvalue weighted by molar-refractivity contribution is -0.378. The van der Waals surface area contributed by atoms with E-state index in [1.807, 2.05) is 12.4 Å². The van der Waals surface area contributed by atoms with Crippen molar-refractivity contribution < 1.29 is 9.72 Å². The van der Waals surface area contributed by atoms with Crippen LogP contribution in [-0.2, 0) is 6.42 Å². The van der Waals surface area contributed by atoms with Crippen LogP contribution in [0.1, 0.15) is 5.56 Å². The van der Waals surface area contributed by atoms with E-state index in [1.54, 1.807) is 0 Å². The molecule has 1 unspecified atom stereocenters. The lowest BCUT2D eigenvalue weighted by atomic mass is 10.2. The number of halogens is 1. The molecule has 0 saturated heterocycles. The molecule has 0 aromatic carbocycles. The van der Waals surface area contributed by atoms with Gasteiger partial charge in [0.15, 0.2) is 16.1 Å². The highest BCUT2D eigenvalue weighted by Gasteiger charge is 2.21. The minimum absolute atomic E-state index is 0.323. The number of aromatic nitrogens is 1. The standard InChI is InChI=1S/C7H6INO/c8-7-3-5-1-2-9-4-6(5)10-7/h1-2,4,7H,3H2/p+1. The average Bonchev–Trinajstić information content (AvgIpc) is 2.27. The summed E-state index contributed by atoms with van der Waals surface area (Å²) in [5.41, 5.74) is 1.30. The van der Waals surface area contributed by atoms with Crippen molar-refractivity contribution in [1.82, 2.24) is 0 Å². The van der Waals surface area contributed by atoms with Gasteiger partial charge in [-0.25, -0.2) is 4.98 Å². The van der Waals surface area contributed by atoms with E-state index in [4.69, 9.17) is 4.74 Å². The molecule has 0 spiro atoms. The third-order valence-corrected chi connectivity index (χ3v) is 2.24. The predicted octanol–water partition coefficient (Wildman–Crippen LogP) is 1.20. The number of hydrogen-bond acceptors (Lipinski definition) is 1. The van der Waals surface area contributed by atoms with E-state index in [9.17, 15) is 0 Å². The van der Waals surface area contributed by atoms with Crippen molar-refractivity contribution in [2.75, 3.05) is 0 Å². The van der Waals surface area contributed by atoms with Crippen molar-refractivity contribution in [1.29, 1.82) is 0 Å². The Morgan fingerprint density at radius 3 is 3.40 bits per heavy atom. The quantitative estimate of drug-likeness (QED) is 0.499. The Hall–Kier alpha value is -0.320. The molecule has 52 valence electrons. The van der Waals surface area contributed by atoms with Crippen LogP contribution in [0.25, 0.3) is 0 Å². The van der Waals surface area contributed by atoms with Crippen LogP contribution < -0.4 is 9.72 Å². The molecule has 1 aliphatic rings. The molecular weight excluding hydrogens is 241 g/mol. The summed E-state index contributed by atoms with van der Waals surface area (Å²) in [6, 6.07) is 2.06. The predicted molar refractivity (Wildman–Crippen MR) is 45.1 cm³/mol. The first kappa shape index (κ1) is 6.39. The Balaban J connectivity index is 2.42. The van der Waals surface area contributed by atoms with Crippen LogP contribution in [0, 0.1) is 0 Å². The van der Waals surface area contributed by atoms with E-state index < -0.39 is 0 Å². The molecule has 2 heterocycles. The summed E-state index contributed by atoms with van der Waals surface area (Å²) in [6.07, 6.45) is 4.86. The van der Waals surface area contributed by atoms with Crippen molar-refractivity contribution in [3.63, 3.8) is 0 Å². The van der Waals surface area contributed by atoms with E-state index >= 15 is 0 Å². The van der Waals surface area contributed by atoms with Crippen LogP contribution in [0.2, 0.25) is 0 Å². The van der Waals surface area contributed by atoms with Gasteiger partial charge in [-0.3, -0.25) is 0 Å². The normalized spacial score (nSPS) is 21.9. The zero-order valence-electron chi connectivity index (χ0n) is 5.30. The fourth-order valence-corrected chi connectivity index (χ4v) is 1.83. The second-order valence-electron chi connectivity index (χ2n) is 2.27. The molecule has 0 radical (unpaired) electrons. The van der Waals surface area contributed by atoms with Gasteiger partial charge in [-0.05, 0) is 22.6 Å². The third-order valence-electron chi connectivity index (χ3n) is 1.55. The minimum atomic E-state index is 0.323. The van der Waals surface area contributed by atoms with Crippen molar-refractivity contribution in [3.8, 4) is 5.75 Å². The highest BCUT2D eigenvalue weighted by Crippen LogP contribution is 2.28. The molecule has 0 fully saturated rings. The minimum Gasteiger partial charge on any atom is -0.473 e. The fourth-order valence-electron chi connectivity index (χ4n) is 1.08. The van der Waals surface area contributed by atoms with Crippen LogP contribution in [0.4, 0.5) is 0 Å². The van der Waals surface area contributed by atoms with Crippen molar-refractivity contribution in [2.24, 2.45) is 0 Å². The first-order chi connectivity index (χ1) is 4.86. The first-order valence-electron chi connectivity index (χ1n) is 3.16. The zero-order valence-corrected chi connectivity index (χ0v) is 7.46. The van der Waals surface area contributed by atoms with Crippen LogP contribution >= 0.6 is 22.6 Å². The van der Waals surface area contributed by atoms with Crippen LogP contribution in [-0.4, -0.2) is 4.11 Å². The van der Waals surface area contributed by atoms with Crippen molar-refractivity contribution in [3.05, 3.63) is 24.0 Å². The van der Waals surface area contributed by atoms with E-state index in [0.717, 1.165) is 12.2 Å². The number of fused-ring (bicyclic) bond motifs is 1. The Kier molecular flexibility index (Phi) is 1.52. The fraction of sp³-hybridized carbons (Fsp3) is 0.286. The van der Waals surface area contributed by atoms with Crippen LogP contribution in [0.5, 0.6) is 5.75 Å². The Morgan fingerprint density at radius 1 is 1.70 bits per heavy atom. The smallest absolute Gasteiger partial charge is 0.209 e. The number of pyridine rings is 1. The van der Waals surface area contributed by atoms with Gasteiger partial charge in [-0.15, -0.1) is 0 Å². The average molecular weight is 248 g/mol. The maximum Gasteiger partial charge on any atom is 0.209 e. The summed E-state index contributed by atoms with van der Waals surface area (Å²) >= 11 is 2.29. The second kappa shape index (κ2) is 2.38. The van der Waals surface area contributed by atoms with Gasteiger partial charge >= 0.3 is 0 Å². The highest BCUT2D eigenvalue weighted by atomic mass is 127. The summed E-state index contributed by atoms with van der Waals surface area (Å²) in [5, 5.41) is 0. The van der Waals surface area contributed by atoms with Gasteiger partial charge in [-0.1, -0.05) is 0 Å². The molecule has 1 aromatic rings. The molecule has 1 aliphatic heterocycles. The SMILES string of the molecule is IC1Cc2cc[nH+]cc2O1. The monoisotopic (exact) mass is 248 g/mol. The third kappa shape index (κ3) is 0.982. The lowest BCUT2D eigenvalue weighted by Crippen LogP contribution is -2.01. The summed E-state index contributed by atoms with van der Waals surface area (Å²) < 4.78 is 5.78. The number of H-pyrrole nitrogens is 1. The van der Waals surface area contributed by atoms with Crippen molar-refractivity contribution >= 4 is 22.6 Å². The van der Waals surface area contributed by atoms with Gasteiger partial charge in [0, 0.05) is 18.1 Å². The molecule has 0 aliphatic carbocycles. The number of alkyl halides is 1. The van der Waals surface area contributed by atoms with Gasteiger partial charge in [0.05, 0.1) is 0 Å². The van der Waals surface area contributed by atoms with Gasteiger partial charge in [0.2, 0.25) is 6.20 Å². The number of aromatic amines is 1. The second-order valence-corrected chi connectivity index (χ2v) is 3.66. The summed E-state index contributed by atoms with van der Waals surface area (Å²) in [5.74, 6) is 1.00. The molecule has 1 aromatic heterocycles. The molecule has 0 bridgehead atoms. The number of ether oxygens (including phenoxy) is 1. The molecule has 0 amide bonds. The molecule has 10 heavy (non-hydrogen) atoms. The van der Waals surface area contributed by atoms with Gasteiger partial charge < -0.3 is 4.74 Å². The largest absolute Gasteiger partial charge is 0.473 e. The van der Waals surface area contributed by atoms with E-state index in [1.165, 1.54) is 5.56 Å². The van der Waals surface area contributed by atoms with Gasteiger partial charge in [-0.2, -0.15) is 0 Å². The topological polar surface area (TPSA) is 23.4 Å². The summed E-state index contributed by atoms with van der Waals surface area (Å²) in [6.45, 7) is 0. The van der Waals surface area contributed by atoms with E-state index in [-0.39, 0.29) is 0 Å². The molecule has 0 saturated carbocycles. The van der Waals surface area contributed by atoms with Crippen molar-refractivity contribution in [2.45, 2.75) is 10.5 Å². The maximum atomic E-state index is 5.46. The summed E-state index contributed by atoms with van der Waals surface area (Å²) in [7, 11) is 0. The summed E-state index contributed by atoms with van der Waals surface area (Å²) in [4.78, 5) is 2.98. The first-order valence-corrected chi connectivity index (χ1v) is 4.40. The number of nitrogens with one attached hydrogen (secondary N) is 1. The molecule has 2 nitrogen and oxygen atoms in total. The molecular formula is C7H7INO+. The highest BCUT2D eigenvalue weighted by molar-refractivity contribution is 14.1. The van der Waals surface area contributed by atoms with Crippen LogP contribution in [0.15, 0.2) is 18.5 Å². The zero-order chi connectivity index (χ0) is 6.97. The molecule has 1 N–H and O–H groups in total. The maximum absolute atomic E-state index is 5.46.